The van der Waals surface area contributed by atoms with Gasteiger partial charge in [0.2, 0.25) is 0 Å². The summed E-state index contributed by atoms with van der Waals surface area (Å²) in [6.07, 6.45) is 5.35. The van der Waals surface area contributed by atoms with E-state index in [-0.39, 0.29) is 0 Å². The van der Waals surface area contributed by atoms with Gasteiger partial charge >= 0.3 is 12.1 Å². The largest absolute Gasteiger partial charge is 0.480 e. The number of nitrogens with one attached hydrogen (secondary N) is 1. The van der Waals surface area contributed by atoms with Gasteiger partial charge in [0.05, 0.1) is 0 Å². The van der Waals surface area contributed by atoms with E-state index in [4.69, 9.17) is 4.74 Å². The summed E-state index contributed by atoms with van der Waals surface area (Å²) in [4.78, 5) is 24.4. The van der Waals surface area contributed by atoms with Crippen LogP contribution in [0.4, 0.5) is 4.79 Å². The number of amides is 1. The van der Waals surface area contributed by atoms with Gasteiger partial charge in [-0.1, -0.05) is 92.3 Å². The van der Waals surface area contributed by atoms with Crippen molar-refractivity contribution in [2.24, 2.45) is 5.92 Å². The lowest BCUT2D eigenvalue weighted by Crippen LogP contribution is -2.43. The molecule has 5 nitrogen and oxygen atoms in total. The number of rotatable bonds is 8. The number of alkyl carbamates (subject to hydrolysis) is 1. The van der Waals surface area contributed by atoms with Gasteiger partial charge in [-0.25, -0.2) is 9.59 Å². The van der Waals surface area contributed by atoms with E-state index in [0.717, 1.165) is 42.4 Å². The Labute approximate surface area is 178 Å². The van der Waals surface area contributed by atoms with Crippen LogP contribution in [0.2, 0.25) is 0 Å². The van der Waals surface area contributed by atoms with Crippen LogP contribution in [0.25, 0.3) is 0 Å². The van der Waals surface area contributed by atoms with E-state index in [0.29, 0.717) is 18.8 Å². The average Bonchev–Trinajstić information content (AvgIpc) is 2.74. The minimum absolute atomic E-state index is 0.345. The minimum Gasteiger partial charge on any atom is -0.480 e. The van der Waals surface area contributed by atoms with Crippen molar-refractivity contribution in [2.45, 2.75) is 64.0 Å². The van der Waals surface area contributed by atoms with Gasteiger partial charge in [-0.3, -0.25) is 0 Å². The normalized spacial score (nSPS) is 16.4. The van der Waals surface area contributed by atoms with E-state index >= 15 is 0 Å². The Morgan fingerprint density at radius 3 is 2.47 bits per heavy atom. The number of carboxylic acid groups (broad SMARTS) is 1. The van der Waals surface area contributed by atoms with Gasteiger partial charge in [0.15, 0.2) is 0 Å². The summed E-state index contributed by atoms with van der Waals surface area (Å²) in [7, 11) is 0. The summed E-state index contributed by atoms with van der Waals surface area (Å²) in [5.74, 6) is -0.662. The number of carboxylic acids is 1. The molecule has 160 valence electrons. The second-order valence-electron chi connectivity index (χ2n) is 8.27. The lowest BCUT2D eigenvalue weighted by molar-refractivity contribution is -0.140. The first kappa shape index (κ1) is 21.9. The van der Waals surface area contributed by atoms with E-state index < -0.39 is 24.2 Å². The fourth-order valence-corrected chi connectivity index (χ4v) is 4.23. The van der Waals surface area contributed by atoms with Crippen molar-refractivity contribution in [1.82, 2.24) is 5.32 Å². The molecule has 1 unspecified atom stereocenters. The van der Waals surface area contributed by atoms with Crippen LogP contribution in [-0.4, -0.2) is 23.2 Å². The number of carbonyl (C=O) groups excluding carboxylic acids is 1. The van der Waals surface area contributed by atoms with Crippen molar-refractivity contribution >= 4 is 12.1 Å². The number of aliphatic carboxylic acids is 1. The standard InChI is InChI=1S/C25H31NO4/c1-18-9-8-12-20(15-18)17-23(21-13-6-3-7-14-21)30-25(29)26-22(24(27)28)16-19-10-4-2-5-11-19/h3,6-9,12-15,19,22-23H,2,4-5,10-11,16-17H2,1H3,(H,26,29)(H,27,28)/t22-,23?/m0/s1. The molecule has 2 aromatic carbocycles. The molecule has 0 spiro atoms. The fraction of sp³-hybridized carbons (Fsp3) is 0.440. The zero-order valence-electron chi connectivity index (χ0n) is 17.5. The summed E-state index contributed by atoms with van der Waals surface area (Å²) < 4.78 is 5.74. The maximum atomic E-state index is 12.6. The Kier molecular flexibility index (Phi) is 7.89. The van der Waals surface area contributed by atoms with Crippen LogP contribution >= 0.6 is 0 Å². The third-order valence-corrected chi connectivity index (χ3v) is 5.81. The fourth-order valence-electron chi connectivity index (χ4n) is 4.23. The van der Waals surface area contributed by atoms with E-state index in [1.54, 1.807) is 0 Å². The predicted octanol–water partition coefficient (Wildman–Crippen LogP) is 5.43. The smallest absolute Gasteiger partial charge is 0.408 e. The van der Waals surface area contributed by atoms with Crippen molar-refractivity contribution < 1.29 is 19.4 Å². The Morgan fingerprint density at radius 1 is 1.07 bits per heavy atom. The highest BCUT2D eigenvalue weighted by atomic mass is 16.6. The summed E-state index contributed by atoms with van der Waals surface area (Å²) >= 11 is 0. The number of ether oxygens (including phenoxy) is 1. The molecule has 5 heteroatoms. The topological polar surface area (TPSA) is 75.6 Å². The lowest BCUT2D eigenvalue weighted by atomic mass is 9.85. The first-order valence-corrected chi connectivity index (χ1v) is 10.8. The van der Waals surface area contributed by atoms with Gasteiger partial charge in [0.1, 0.15) is 12.1 Å². The summed E-state index contributed by atoms with van der Waals surface area (Å²) in [6.45, 7) is 2.03. The number of hydrogen-bond donors (Lipinski definition) is 2. The molecular formula is C25H31NO4. The second-order valence-corrected chi connectivity index (χ2v) is 8.27. The van der Waals surface area contributed by atoms with E-state index in [9.17, 15) is 14.7 Å². The zero-order chi connectivity index (χ0) is 21.3. The molecule has 2 aromatic rings. The third-order valence-electron chi connectivity index (χ3n) is 5.81. The molecule has 0 bridgehead atoms. The average molecular weight is 410 g/mol. The Balaban J connectivity index is 1.67. The number of carbonyl (C=O) groups is 2. The molecule has 0 saturated heterocycles. The van der Waals surface area contributed by atoms with Gasteiger partial charge in [-0.2, -0.15) is 0 Å². The van der Waals surface area contributed by atoms with Crippen LogP contribution in [0.15, 0.2) is 54.6 Å². The summed E-state index contributed by atoms with van der Waals surface area (Å²) in [5, 5.41) is 12.2. The first-order valence-electron chi connectivity index (χ1n) is 10.8. The van der Waals surface area contributed by atoms with Crippen molar-refractivity contribution in [1.29, 1.82) is 0 Å². The summed E-state index contributed by atoms with van der Waals surface area (Å²) in [5.41, 5.74) is 3.09. The molecule has 2 atom stereocenters. The molecule has 0 heterocycles. The SMILES string of the molecule is Cc1cccc(CC(OC(=O)N[C@@H](CC2CCCCC2)C(=O)O)c2ccccc2)c1. The molecule has 1 saturated carbocycles. The number of hydrogen-bond acceptors (Lipinski definition) is 3. The highest BCUT2D eigenvalue weighted by Gasteiger charge is 2.27. The Hall–Kier alpha value is -2.82. The maximum absolute atomic E-state index is 12.6. The van der Waals surface area contributed by atoms with Gasteiger partial charge in [0.25, 0.3) is 0 Å². The van der Waals surface area contributed by atoms with Crippen molar-refractivity contribution in [2.75, 3.05) is 0 Å². The van der Waals surface area contributed by atoms with Gasteiger partial charge < -0.3 is 15.2 Å². The quantitative estimate of drug-likeness (QED) is 0.610. The highest BCUT2D eigenvalue weighted by molar-refractivity contribution is 5.80. The van der Waals surface area contributed by atoms with Crippen LogP contribution in [-0.2, 0) is 16.0 Å². The second kappa shape index (κ2) is 10.8. The van der Waals surface area contributed by atoms with Gasteiger partial charge in [-0.15, -0.1) is 0 Å². The van der Waals surface area contributed by atoms with Crippen LogP contribution in [0.1, 0.15) is 61.3 Å². The molecule has 1 aliphatic carbocycles. The molecule has 1 aliphatic rings. The third kappa shape index (κ3) is 6.61. The number of aryl methyl sites for hydroxylation is 1. The molecule has 30 heavy (non-hydrogen) atoms. The molecule has 1 fully saturated rings. The molecule has 0 radical (unpaired) electrons. The van der Waals surface area contributed by atoms with Crippen LogP contribution in [0.3, 0.4) is 0 Å². The van der Waals surface area contributed by atoms with Crippen LogP contribution in [0.5, 0.6) is 0 Å². The van der Waals surface area contributed by atoms with E-state index in [1.165, 1.54) is 6.42 Å². The summed E-state index contributed by atoms with van der Waals surface area (Å²) in [6, 6.07) is 16.7. The van der Waals surface area contributed by atoms with E-state index in [1.807, 2.05) is 55.5 Å². The first-order chi connectivity index (χ1) is 14.5. The molecular weight excluding hydrogens is 378 g/mol. The minimum atomic E-state index is -1.01. The molecule has 1 amide bonds. The van der Waals surface area contributed by atoms with Crippen LogP contribution < -0.4 is 5.32 Å². The monoisotopic (exact) mass is 409 g/mol. The van der Waals surface area contributed by atoms with Crippen molar-refractivity contribution in [3.8, 4) is 0 Å². The van der Waals surface area contributed by atoms with E-state index in [2.05, 4.69) is 11.4 Å². The highest BCUT2D eigenvalue weighted by Crippen LogP contribution is 2.28. The van der Waals surface area contributed by atoms with Gasteiger partial charge in [0, 0.05) is 6.42 Å². The maximum Gasteiger partial charge on any atom is 0.408 e. The number of benzene rings is 2. The zero-order valence-corrected chi connectivity index (χ0v) is 17.5. The van der Waals surface area contributed by atoms with Crippen molar-refractivity contribution in [3.63, 3.8) is 0 Å². The predicted molar refractivity (Wildman–Crippen MR) is 116 cm³/mol. The molecule has 0 aliphatic heterocycles. The Bertz CT molecular complexity index is 830. The molecule has 2 N–H and O–H groups in total. The van der Waals surface area contributed by atoms with Crippen LogP contribution in [0, 0.1) is 12.8 Å². The van der Waals surface area contributed by atoms with Gasteiger partial charge in [-0.05, 0) is 30.4 Å². The lowest BCUT2D eigenvalue weighted by Gasteiger charge is -2.26. The molecule has 0 aromatic heterocycles. The Morgan fingerprint density at radius 2 is 1.80 bits per heavy atom. The van der Waals surface area contributed by atoms with Crippen molar-refractivity contribution in [3.05, 3.63) is 71.3 Å². The molecule has 3 rings (SSSR count).